The standard InChI is InChI=1S/C19H24N8O2/c1-11-8-13(29-3)4-5-15(11)22-19(28)26-6-7-27(12(2)10-26)17-14-9-21-25-16(14)23-18(20)24-17/h4-5,8-9,12H,6-7,10H2,1-3H3,(H,22,28)(H3,20,21,23,24,25). The van der Waals surface area contributed by atoms with E-state index in [2.05, 4.69) is 37.3 Å². The molecule has 0 radical (unpaired) electrons. The van der Waals surface area contributed by atoms with Gasteiger partial charge < -0.3 is 25.6 Å². The van der Waals surface area contributed by atoms with E-state index in [4.69, 9.17) is 10.5 Å². The second-order valence-corrected chi connectivity index (χ2v) is 7.14. The lowest BCUT2D eigenvalue weighted by molar-refractivity contribution is 0.200. The van der Waals surface area contributed by atoms with E-state index < -0.39 is 0 Å². The van der Waals surface area contributed by atoms with Crippen molar-refractivity contribution >= 4 is 34.5 Å². The second-order valence-electron chi connectivity index (χ2n) is 7.14. The third kappa shape index (κ3) is 3.60. The number of piperazine rings is 1. The zero-order valence-electron chi connectivity index (χ0n) is 16.6. The molecule has 0 spiro atoms. The minimum Gasteiger partial charge on any atom is -0.497 e. The number of benzene rings is 1. The molecule has 0 bridgehead atoms. The Balaban J connectivity index is 1.47. The van der Waals surface area contributed by atoms with Gasteiger partial charge >= 0.3 is 6.03 Å². The van der Waals surface area contributed by atoms with Crippen molar-refractivity contribution in [2.24, 2.45) is 0 Å². The number of nitrogens with zero attached hydrogens (tertiary/aromatic N) is 5. The summed E-state index contributed by atoms with van der Waals surface area (Å²) >= 11 is 0. The van der Waals surface area contributed by atoms with Crippen LogP contribution in [0.25, 0.3) is 11.0 Å². The highest BCUT2D eigenvalue weighted by atomic mass is 16.5. The van der Waals surface area contributed by atoms with Gasteiger partial charge in [0.1, 0.15) is 11.6 Å². The van der Waals surface area contributed by atoms with E-state index in [1.807, 2.05) is 30.0 Å². The van der Waals surface area contributed by atoms with Gasteiger partial charge in [0, 0.05) is 31.4 Å². The van der Waals surface area contributed by atoms with Crippen LogP contribution in [0.3, 0.4) is 0 Å². The van der Waals surface area contributed by atoms with E-state index in [0.717, 1.165) is 28.2 Å². The average Bonchev–Trinajstić information content (AvgIpc) is 3.17. The number of anilines is 3. The van der Waals surface area contributed by atoms with Gasteiger partial charge in [-0.2, -0.15) is 15.1 Å². The Morgan fingerprint density at radius 3 is 2.90 bits per heavy atom. The average molecular weight is 396 g/mol. The van der Waals surface area contributed by atoms with E-state index in [1.54, 1.807) is 13.3 Å². The number of nitrogens with two attached hydrogens (primary N) is 1. The molecule has 1 aliphatic heterocycles. The fourth-order valence-electron chi connectivity index (χ4n) is 3.61. The zero-order valence-corrected chi connectivity index (χ0v) is 16.6. The van der Waals surface area contributed by atoms with Gasteiger partial charge in [0.2, 0.25) is 5.95 Å². The van der Waals surface area contributed by atoms with Crippen molar-refractivity contribution in [3.05, 3.63) is 30.0 Å². The van der Waals surface area contributed by atoms with Gasteiger partial charge in [-0.15, -0.1) is 0 Å². The Kier molecular flexibility index (Phi) is 4.83. The fourth-order valence-corrected chi connectivity index (χ4v) is 3.61. The summed E-state index contributed by atoms with van der Waals surface area (Å²) < 4.78 is 5.22. The number of rotatable bonds is 3. The van der Waals surface area contributed by atoms with E-state index in [9.17, 15) is 4.79 Å². The van der Waals surface area contributed by atoms with E-state index in [1.165, 1.54) is 0 Å². The molecule has 3 aromatic rings. The number of nitrogens with one attached hydrogen (secondary N) is 2. The highest BCUT2D eigenvalue weighted by Crippen LogP contribution is 2.27. The lowest BCUT2D eigenvalue weighted by Crippen LogP contribution is -2.55. The first-order chi connectivity index (χ1) is 14.0. The number of ether oxygens (including phenoxy) is 1. The Morgan fingerprint density at radius 1 is 1.34 bits per heavy atom. The summed E-state index contributed by atoms with van der Waals surface area (Å²) in [4.78, 5) is 25.3. The summed E-state index contributed by atoms with van der Waals surface area (Å²) in [6.45, 7) is 5.75. The number of hydrogen-bond donors (Lipinski definition) is 3. The van der Waals surface area contributed by atoms with E-state index >= 15 is 0 Å². The minimum absolute atomic E-state index is 0.0545. The van der Waals surface area contributed by atoms with Crippen LogP contribution < -0.4 is 20.7 Å². The van der Waals surface area contributed by atoms with Crippen LogP contribution in [0.1, 0.15) is 12.5 Å². The van der Waals surface area contributed by atoms with Gasteiger partial charge in [0.05, 0.1) is 18.7 Å². The van der Waals surface area contributed by atoms with Gasteiger partial charge in [-0.05, 0) is 37.6 Å². The molecule has 2 amide bonds. The molecule has 3 heterocycles. The third-order valence-electron chi connectivity index (χ3n) is 5.17. The predicted octanol–water partition coefficient (Wildman–Crippen LogP) is 1.99. The number of aryl methyl sites for hydroxylation is 1. The zero-order chi connectivity index (χ0) is 20.5. The number of methoxy groups -OCH3 is 1. The van der Waals surface area contributed by atoms with Gasteiger partial charge in [-0.25, -0.2) is 4.79 Å². The van der Waals surface area contributed by atoms with Crippen LogP contribution in [0.4, 0.5) is 22.2 Å². The van der Waals surface area contributed by atoms with Gasteiger partial charge in [-0.1, -0.05) is 0 Å². The number of fused-ring (bicyclic) bond motifs is 1. The summed E-state index contributed by atoms with van der Waals surface area (Å²) in [7, 11) is 1.62. The van der Waals surface area contributed by atoms with Crippen LogP contribution in [0.15, 0.2) is 24.4 Å². The number of nitrogen functional groups attached to an aromatic ring is 1. The van der Waals surface area contributed by atoms with Crippen molar-refractivity contribution < 1.29 is 9.53 Å². The summed E-state index contributed by atoms with van der Waals surface area (Å²) in [5.41, 5.74) is 8.18. The quantitative estimate of drug-likeness (QED) is 0.618. The van der Waals surface area contributed by atoms with Crippen LogP contribution in [0, 0.1) is 6.92 Å². The summed E-state index contributed by atoms with van der Waals surface area (Å²) in [6.07, 6.45) is 1.70. The van der Waals surface area contributed by atoms with Gasteiger partial charge in [0.15, 0.2) is 5.65 Å². The molecule has 4 N–H and O–H groups in total. The van der Waals surface area contributed by atoms with Crippen LogP contribution in [0.2, 0.25) is 0 Å². The molecule has 152 valence electrons. The van der Waals surface area contributed by atoms with Crippen molar-refractivity contribution in [2.75, 3.05) is 42.7 Å². The Morgan fingerprint density at radius 2 is 2.17 bits per heavy atom. The first kappa shape index (κ1) is 18.8. The molecule has 1 atom stereocenters. The van der Waals surface area contributed by atoms with E-state index in [-0.39, 0.29) is 18.0 Å². The normalized spacial score (nSPS) is 16.9. The van der Waals surface area contributed by atoms with Crippen molar-refractivity contribution in [3.8, 4) is 5.75 Å². The van der Waals surface area contributed by atoms with Crippen molar-refractivity contribution in [1.82, 2.24) is 25.1 Å². The molecule has 1 saturated heterocycles. The second kappa shape index (κ2) is 7.46. The number of H-pyrrole nitrogens is 1. The van der Waals surface area contributed by atoms with Crippen LogP contribution >= 0.6 is 0 Å². The Labute approximate surface area is 168 Å². The molecule has 2 aromatic heterocycles. The number of amides is 2. The maximum absolute atomic E-state index is 12.8. The van der Waals surface area contributed by atoms with Gasteiger partial charge in [-0.3, -0.25) is 5.10 Å². The summed E-state index contributed by atoms with van der Waals surface area (Å²) in [5.74, 6) is 1.69. The molecule has 10 heteroatoms. The Hall–Kier alpha value is -3.56. The first-order valence-corrected chi connectivity index (χ1v) is 9.40. The number of carbonyl (C=O) groups excluding carboxylic acids is 1. The molecule has 29 heavy (non-hydrogen) atoms. The van der Waals surface area contributed by atoms with Gasteiger partial charge in [0.25, 0.3) is 0 Å². The highest BCUT2D eigenvalue weighted by molar-refractivity contribution is 5.91. The monoisotopic (exact) mass is 396 g/mol. The van der Waals surface area contributed by atoms with Crippen LogP contribution in [-0.2, 0) is 0 Å². The highest BCUT2D eigenvalue weighted by Gasteiger charge is 2.29. The molecule has 1 aromatic carbocycles. The maximum Gasteiger partial charge on any atom is 0.321 e. The molecule has 1 fully saturated rings. The lowest BCUT2D eigenvalue weighted by Gasteiger charge is -2.40. The van der Waals surface area contributed by atoms with E-state index in [0.29, 0.717) is 25.3 Å². The predicted molar refractivity (Wildman–Crippen MR) is 111 cm³/mol. The molecular formula is C19H24N8O2. The SMILES string of the molecule is COc1ccc(NC(=O)N2CCN(c3nc(N)nc4[nH]ncc34)C(C)C2)c(C)c1. The molecule has 0 saturated carbocycles. The summed E-state index contributed by atoms with van der Waals surface area (Å²) in [5, 5.41) is 10.7. The van der Waals surface area contributed by atoms with Crippen molar-refractivity contribution in [3.63, 3.8) is 0 Å². The minimum atomic E-state index is -0.125. The number of aromatic amines is 1. The number of carbonyl (C=O) groups is 1. The van der Waals surface area contributed by atoms with Crippen LogP contribution in [0.5, 0.6) is 5.75 Å². The molecule has 1 aliphatic rings. The first-order valence-electron chi connectivity index (χ1n) is 9.40. The number of urea groups is 1. The molecule has 10 nitrogen and oxygen atoms in total. The molecule has 4 rings (SSSR count). The largest absolute Gasteiger partial charge is 0.497 e. The number of hydrogen-bond acceptors (Lipinski definition) is 7. The third-order valence-corrected chi connectivity index (χ3v) is 5.17. The molecule has 0 aliphatic carbocycles. The number of aromatic nitrogens is 4. The smallest absolute Gasteiger partial charge is 0.321 e. The van der Waals surface area contributed by atoms with Crippen molar-refractivity contribution in [1.29, 1.82) is 0 Å². The van der Waals surface area contributed by atoms with Crippen molar-refractivity contribution in [2.45, 2.75) is 19.9 Å². The molecule has 1 unspecified atom stereocenters. The maximum atomic E-state index is 12.8. The summed E-state index contributed by atoms with van der Waals surface area (Å²) in [6, 6.07) is 5.51. The topological polar surface area (TPSA) is 125 Å². The fraction of sp³-hybridized carbons (Fsp3) is 0.368. The van der Waals surface area contributed by atoms with Crippen LogP contribution in [-0.4, -0.2) is 63.9 Å². The molecular weight excluding hydrogens is 372 g/mol. The Bertz CT molecular complexity index is 1050. The lowest BCUT2D eigenvalue weighted by atomic mass is 10.1.